The average molecular weight is 425 g/mol. The van der Waals surface area contributed by atoms with Crippen molar-refractivity contribution in [3.8, 4) is 11.8 Å². The van der Waals surface area contributed by atoms with Crippen LogP contribution in [0, 0.1) is 5.92 Å². The minimum absolute atomic E-state index is 0.0463. The van der Waals surface area contributed by atoms with Crippen LogP contribution in [-0.4, -0.2) is 53.1 Å². The molecule has 0 aromatic carbocycles. The zero-order valence-corrected chi connectivity index (χ0v) is 16.5. The molecule has 2 aliphatic carbocycles. The lowest BCUT2D eigenvalue weighted by Gasteiger charge is -2.39. The van der Waals surface area contributed by atoms with Gasteiger partial charge in [0.25, 0.3) is 11.8 Å². The molecule has 2 saturated carbocycles. The van der Waals surface area contributed by atoms with E-state index >= 15 is 0 Å². The number of hydrogen-bond donors (Lipinski definition) is 2. The number of carbonyl (C=O) groups excluding carboxylic acids is 2. The van der Waals surface area contributed by atoms with E-state index in [2.05, 4.69) is 15.3 Å². The Morgan fingerprint density at radius 1 is 1.23 bits per heavy atom. The maximum atomic E-state index is 13.3. The number of nitrogens with two attached hydrogens (primary N) is 1. The van der Waals surface area contributed by atoms with Gasteiger partial charge in [-0.05, 0) is 31.6 Å². The highest BCUT2D eigenvalue weighted by Crippen LogP contribution is 2.37. The first-order valence-electron chi connectivity index (χ1n) is 10.2. The van der Waals surface area contributed by atoms with E-state index in [0.29, 0.717) is 25.4 Å². The van der Waals surface area contributed by atoms with Gasteiger partial charge in [0.05, 0.1) is 25.9 Å². The first-order chi connectivity index (χ1) is 14.3. The molecule has 11 heteroatoms. The molecule has 164 valence electrons. The summed E-state index contributed by atoms with van der Waals surface area (Å²) in [6.07, 6.45) is 5.79. The Morgan fingerprint density at radius 3 is 2.53 bits per heavy atom. The molecule has 0 spiro atoms. The number of halogens is 2. The van der Waals surface area contributed by atoms with Crippen LogP contribution >= 0.6 is 0 Å². The zero-order chi connectivity index (χ0) is 21.4. The molecule has 2 heterocycles. The fourth-order valence-corrected chi connectivity index (χ4v) is 3.76. The standard InChI is InChI=1S/C19H25F2N5O4/c20-19(21)10-26(11-19)14-15(29-9-12-4-5-12)24-13(8-23-14)30-17(28)25-18(16(22)27)6-2-1-3-7-18/h8,12H,1-7,9-11H2,(H2,22,27)(H,25,28). The molecule has 3 N–H and O–H groups in total. The molecule has 0 unspecified atom stereocenters. The van der Waals surface area contributed by atoms with Crippen LogP contribution in [0.3, 0.4) is 0 Å². The van der Waals surface area contributed by atoms with Crippen LogP contribution in [0.2, 0.25) is 0 Å². The van der Waals surface area contributed by atoms with E-state index in [1.807, 2.05) is 0 Å². The Kier molecular flexibility index (Phi) is 5.37. The van der Waals surface area contributed by atoms with Crippen molar-refractivity contribution in [1.29, 1.82) is 0 Å². The average Bonchev–Trinajstić information content (AvgIpc) is 3.49. The molecule has 30 heavy (non-hydrogen) atoms. The molecule has 4 rings (SSSR count). The Hall–Kier alpha value is -2.72. The second-order valence-electron chi connectivity index (χ2n) is 8.32. The number of anilines is 1. The van der Waals surface area contributed by atoms with E-state index in [1.54, 1.807) is 0 Å². The predicted molar refractivity (Wildman–Crippen MR) is 102 cm³/mol. The summed E-state index contributed by atoms with van der Waals surface area (Å²) in [4.78, 5) is 34.0. The number of primary amides is 1. The van der Waals surface area contributed by atoms with Crippen LogP contribution < -0.4 is 25.4 Å². The number of aromatic nitrogens is 2. The lowest BCUT2D eigenvalue weighted by molar-refractivity contribution is -0.125. The van der Waals surface area contributed by atoms with Crippen LogP contribution in [0.1, 0.15) is 44.9 Å². The summed E-state index contributed by atoms with van der Waals surface area (Å²) in [5, 5.41) is 2.58. The smallest absolute Gasteiger partial charge is 0.414 e. The largest absolute Gasteiger partial charge is 0.475 e. The molecule has 9 nitrogen and oxygen atoms in total. The van der Waals surface area contributed by atoms with Gasteiger partial charge in [-0.3, -0.25) is 4.79 Å². The molecular weight excluding hydrogens is 400 g/mol. The number of rotatable bonds is 7. The van der Waals surface area contributed by atoms with Gasteiger partial charge in [0.15, 0.2) is 5.82 Å². The van der Waals surface area contributed by atoms with Gasteiger partial charge in [0.1, 0.15) is 5.54 Å². The van der Waals surface area contributed by atoms with E-state index in [0.717, 1.165) is 32.1 Å². The Morgan fingerprint density at radius 2 is 1.93 bits per heavy atom. The third-order valence-electron chi connectivity index (χ3n) is 5.71. The van der Waals surface area contributed by atoms with Crippen LogP contribution in [0.4, 0.5) is 19.4 Å². The molecule has 3 aliphatic rings. The predicted octanol–water partition coefficient (Wildman–Crippen LogP) is 2.00. The first-order valence-corrected chi connectivity index (χ1v) is 10.2. The van der Waals surface area contributed by atoms with E-state index in [9.17, 15) is 18.4 Å². The normalized spacial score (nSPS) is 22.0. The van der Waals surface area contributed by atoms with Crippen LogP contribution in [0.15, 0.2) is 6.20 Å². The molecule has 3 fully saturated rings. The van der Waals surface area contributed by atoms with Gasteiger partial charge >= 0.3 is 6.09 Å². The minimum atomic E-state index is -2.77. The third kappa shape index (κ3) is 4.54. The quantitative estimate of drug-likeness (QED) is 0.686. The van der Waals surface area contributed by atoms with Crippen LogP contribution in [0.5, 0.6) is 11.8 Å². The van der Waals surface area contributed by atoms with E-state index in [4.69, 9.17) is 15.2 Å². The fourth-order valence-electron chi connectivity index (χ4n) is 3.76. The second kappa shape index (κ2) is 7.84. The van der Waals surface area contributed by atoms with Crippen molar-refractivity contribution in [2.24, 2.45) is 11.7 Å². The van der Waals surface area contributed by atoms with Gasteiger partial charge < -0.3 is 25.4 Å². The maximum absolute atomic E-state index is 13.3. The highest BCUT2D eigenvalue weighted by atomic mass is 19.3. The molecule has 2 amide bonds. The second-order valence-corrected chi connectivity index (χ2v) is 8.32. The number of alkyl halides is 2. The molecule has 1 aliphatic heterocycles. The van der Waals surface area contributed by atoms with Crippen molar-refractivity contribution in [3.05, 3.63) is 6.20 Å². The summed E-state index contributed by atoms with van der Waals surface area (Å²) in [5.74, 6) is -2.88. The number of amides is 2. The number of nitrogens with one attached hydrogen (secondary N) is 1. The van der Waals surface area contributed by atoms with Crippen molar-refractivity contribution in [2.45, 2.75) is 56.4 Å². The Bertz CT molecular complexity index is 819. The summed E-state index contributed by atoms with van der Waals surface area (Å²) in [7, 11) is 0. The van der Waals surface area contributed by atoms with Crippen molar-refractivity contribution >= 4 is 17.8 Å². The molecule has 1 aromatic heterocycles. The summed E-state index contributed by atoms with van der Waals surface area (Å²) in [5.41, 5.74) is 4.37. The highest BCUT2D eigenvalue weighted by Gasteiger charge is 2.46. The van der Waals surface area contributed by atoms with Gasteiger partial charge in [0.2, 0.25) is 11.8 Å². The summed E-state index contributed by atoms with van der Waals surface area (Å²) < 4.78 is 37.4. The van der Waals surface area contributed by atoms with E-state index in [-0.39, 0.29) is 17.6 Å². The lowest BCUT2D eigenvalue weighted by atomic mass is 9.81. The highest BCUT2D eigenvalue weighted by molar-refractivity contribution is 5.89. The molecule has 1 saturated heterocycles. The fraction of sp³-hybridized carbons (Fsp3) is 0.684. The Labute approximate surface area is 172 Å². The maximum Gasteiger partial charge on any atom is 0.414 e. The lowest BCUT2D eigenvalue weighted by Crippen LogP contribution is -2.59. The topological polar surface area (TPSA) is 120 Å². The zero-order valence-electron chi connectivity index (χ0n) is 16.5. The molecule has 0 radical (unpaired) electrons. The third-order valence-corrected chi connectivity index (χ3v) is 5.71. The van der Waals surface area contributed by atoms with Crippen LogP contribution in [-0.2, 0) is 4.79 Å². The van der Waals surface area contributed by atoms with Gasteiger partial charge in [0, 0.05) is 0 Å². The summed E-state index contributed by atoms with van der Waals surface area (Å²) >= 11 is 0. The molecular formula is C19H25F2N5O4. The first kappa shape index (κ1) is 20.5. The minimum Gasteiger partial charge on any atom is -0.475 e. The SMILES string of the molecule is NC(=O)C1(NC(=O)Oc2cnc(N3CC(F)(F)C3)c(OCC3CC3)n2)CCCCC1. The summed E-state index contributed by atoms with van der Waals surface area (Å²) in [6.45, 7) is -0.543. The van der Waals surface area contributed by atoms with E-state index in [1.165, 1.54) is 11.1 Å². The van der Waals surface area contributed by atoms with Crippen LogP contribution in [0.25, 0.3) is 0 Å². The molecule has 0 bridgehead atoms. The van der Waals surface area contributed by atoms with Crippen molar-refractivity contribution < 1.29 is 27.8 Å². The van der Waals surface area contributed by atoms with Crippen molar-refractivity contribution in [3.63, 3.8) is 0 Å². The van der Waals surface area contributed by atoms with Gasteiger partial charge in [-0.25, -0.2) is 18.6 Å². The number of carbonyl (C=O) groups is 2. The Balaban J connectivity index is 1.45. The number of ether oxygens (including phenoxy) is 2. The van der Waals surface area contributed by atoms with Crippen molar-refractivity contribution in [2.75, 3.05) is 24.6 Å². The van der Waals surface area contributed by atoms with E-state index < -0.39 is 36.6 Å². The number of nitrogens with zero attached hydrogens (tertiary/aromatic N) is 3. The van der Waals surface area contributed by atoms with Crippen molar-refractivity contribution in [1.82, 2.24) is 15.3 Å². The monoisotopic (exact) mass is 425 g/mol. The molecule has 0 atom stereocenters. The van der Waals surface area contributed by atoms with Gasteiger partial charge in [-0.2, -0.15) is 4.98 Å². The van der Waals surface area contributed by atoms with Gasteiger partial charge in [-0.1, -0.05) is 19.3 Å². The van der Waals surface area contributed by atoms with Gasteiger partial charge in [-0.15, -0.1) is 0 Å². The summed E-state index contributed by atoms with van der Waals surface area (Å²) in [6, 6.07) is 0. The molecule has 1 aromatic rings. The number of hydrogen-bond acceptors (Lipinski definition) is 7.